The number of nitrogen functional groups attached to an aromatic ring is 1. The molecule has 188 valence electrons. The summed E-state index contributed by atoms with van der Waals surface area (Å²) in [5, 5.41) is 18.4. The monoisotopic (exact) mass is 503 g/mol. The van der Waals surface area contributed by atoms with Gasteiger partial charge in [-0.2, -0.15) is 13.2 Å². The van der Waals surface area contributed by atoms with Crippen LogP contribution in [0.5, 0.6) is 5.75 Å². The molecule has 0 bridgehead atoms. The van der Waals surface area contributed by atoms with E-state index in [0.29, 0.717) is 40.6 Å². The Hall–Kier alpha value is -4.44. The standard InChI is InChI=1S/C21H19N5O3.C2HF3O2/c1-26-10-8-21(28,20(26)27)7-5-13-3-4-16(29-2)15(11-13)19-24-12-14-6-9-23-18(22)17(14)25-19;3-2(4,5)1(6)7/h3-4,6,9,11-12,28H,8,10H2,1-2H3,(H2,22,23);(H,6,7)/t21-;/m0./s1. The minimum Gasteiger partial charge on any atom is -0.496 e. The minimum absolute atomic E-state index is 0.276. The second-order valence-corrected chi connectivity index (χ2v) is 7.63. The van der Waals surface area contributed by atoms with Crippen molar-refractivity contribution in [2.45, 2.75) is 18.2 Å². The van der Waals surface area contributed by atoms with Crippen LogP contribution in [0.1, 0.15) is 12.0 Å². The zero-order valence-electron chi connectivity index (χ0n) is 19.0. The molecule has 1 aromatic carbocycles. The van der Waals surface area contributed by atoms with E-state index in [1.165, 1.54) is 4.90 Å². The minimum atomic E-state index is -5.08. The number of hydrogen-bond acceptors (Lipinski definition) is 8. The lowest BCUT2D eigenvalue weighted by Gasteiger charge is -2.13. The van der Waals surface area contributed by atoms with Gasteiger partial charge >= 0.3 is 12.1 Å². The van der Waals surface area contributed by atoms with E-state index in [0.717, 1.165) is 5.39 Å². The van der Waals surface area contributed by atoms with Gasteiger partial charge in [-0.25, -0.2) is 19.7 Å². The number of aromatic nitrogens is 3. The van der Waals surface area contributed by atoms with Crippen molar-refractivity contribution in [3.8, 4) is 29.0 Å². The Morgan fingerprint density at radius 3 is 2.56 bits per heavy atom. The number of alkyl halides is 3. The van der Waals surface area contributed by atoms with Gasteiger partial charge in [-0.1, -0.05) is 11.8 Å². The predicted octanol–water partition coefficient (Wildman–Crippen LogP) is 1.86. The number of nitrogens with two attached hydrogens (primary N) is 1. The van der Waals surface area contributed by atoms with Crippen molar-refractivity contribution in [3.63, 3.8) is 0 Å². The molecular weight excluding hydrogens is 483 g/mol. The Kier molecular flexibility index (Phi) is 7.30. The second-order valence-electron chi connectivity index (χ2n) is 7.63. The van der Waals surface area contributed by atoms with Gasteiger partial charge in [0, 0.05) is 43.4 Å². The Balaban J connectivity index is 0.000000454. The van der Waals surface area contributed by atoms with Crippen LogP contribution in [0, 0.1) is 11.8 Å². The van der Waals surface area contributed by atoms with Crippen LogP contribution in [0.25, 0.3) is 22.3 Å². The number of aliphatic hydroxyl groups is 1. The summed E-state index contributed by atoms with van der Waals surface area (Å²) in [6.07, 6.45) is -1.54. The molecule has 4 N–H and O–H groups in total. The number of ether oxygens (including phenoxy) is 1. The van der Waals surface area contributed by atoms with Crippen LogP contribution in [-0.2, 0) is 9.59 Å². The van der Waals surface area contributed by atoms with Crippen LogP contribution in [0.4, 0.5) is 19.0 Å². The van der Waals surface area contributed by atoms with E-state index in [9.17, 15) is 23.1 Å². The molecule has 0 unspecified atom stereocenters. The summed E-state index contributed by atoms with van der Waals surface area (Å²) in [4.78, 5) is 35.5. The van der Waals surface area contributed by atoms with Gasteiger partial charge in [0.1, 0.15) is 17.1 Å². The molecule has 1 fully saturated rings. The van der Waals surface area contributed by atoms with Crippen LogP contribution < -0.4 is 10.5 Å². The maximum absolute atomic E-state index is 12.1. The fourth-order valence-corrected chi connectivity index (χ4v) is 3.21. The van der Waals surface area contributed by atoms with E-state index >= 15 is 0 Å². The number of methoxy groups -OCH3 is 1. The van der Waals surface area contributed by atoms with Crippen LogP contribution >= 0.6 is 0 Å². The molecule has 36 heavy (non-hydrogen) atoms. The van der Waals surface area contributed by atoms with E-state index < -0.39 is 17.7 Å². The molecule has 1 saturated heterocycles. The third-order valence-corrected chi connectivity index (χ3v) is 5.13. The third-order valence-electron chi connectivity index (χ3n) is 5.13. The molecule has 1 amide bonds. The van der Waals surface area contributed by atoms with Crippen molar-refractivity contribution < 1.29 is 37.7 Å². The van der Waals surface area contributed by atoms with E-state index in [2.05, 4.69) is 26.8 Å². The third kappa shape index (κ3) is 5.61. The number of halogens is 3. The highest BCUT2D eigenvalue weighted by Crippen LogP contribution is 2.30. The molecule has 1 atom stereocenters. The fourth-order valence-electron chi connectivity index (χ4n) is 3.21. The molecule has 0 saturated carbocycles. The highest BCUT2D eigenvalue weighted by atomic mass is 19.4. The molecule has 3 aromatic rings. The molecule has 1 aliphatic rings. The lowest BCUT2D eigenvalue weighted by atomic mass is 10.0. The number of amides is 1. The average molecular weight is 503 g/mol. The molecule has 0 radical (unpaired) electrons. The predicted molar refractivity (Wildman–Crippen MR) is 122 cm³/mol. The first kappa shape index (κ1) is 26.2. The van der Waals surface area contributed by atoms with Crippen LogP contribution in [0.15, 0.2) is 36.7 Å². The van der Waals surface area contributed by atoms with Gasteiger partial charge in [0.15, 0.2) is 5.82 Å². The van der Waals surface area contributed by atoms with Crippen molar-refractivity contribution in [1.82, 2.24) is 19.9 Å². The molecular formula is C23H20F3N5O5. The topological polar surface area (TPSA) is 152 Å². The number of aliphatic carboxylic acids is 1. The lowest BCUT2D eigenvalue weighted by molar-refractivity contribution is -0.192. The number of likely N-dealkylation sites (tertiary alicyclic amines) is 1. The van der Waals surface area contributed by atoms with Gasteiger partial charge in [-0.05, 0) is 24.3 Å². The SMILES string of the molecule is COc1ccc(C#C[C@]2(O)CCN(C)C2=O)cc1-c1ncc2ccnc(N)c2n1.O=C(O)C(F)(F)F. The number of carboxylic acids is 1. The average Bonchev–Trinajstić information content (AvgIpc) is 3.10. The zero-order valence-corrected chi connectivity index (χ0v) is 19.0. The number of anilines is 1. The number of hydrogen-bond donors (Lipinski definition) is 3. The summed E-state index contributed by atoms with van der Waals surface area (Å²) in [6, 6.07) is 7.03. The van der Waals surface area contributed by atoms with E-state index in [-0.39, 0.29) is 12.3 Å². The van der Waals surface area contributed by atoms with E-state index in [1.807, 2.05) is 0 Å². The number of carboxylic acid groups (broad SMARTS) is 1. The van der Waals surface area contributed by atoms with Gasteiger partial charge in [-0.3, -0.25) is 4.79 Å². The van der Waals surface area contributed by atoms with Gasteiger partial charge in [0.25, 0.3) is 5.91 Å². The highest BCUT2D eigenvalue weighted by Gasteiger charge is 2.42. The van der Waals surface area contributed by atoms with Crippen molar-refractivity contribution >= 4 is 28.6 Å². The Labute approximate surface area is 202 Å². The molecule has 4 rings (SSSR count). The van der Waals surface area contributed by atoms with Crippen LogP contribution in [-0.4, -0.2) is 74.4 Å². The molecule has 10 nitrogen and oxygen atoms in total. The number of rotatable bonds is 2. The van der Waals surface area contributed by atoms with Gasteiger partial charge in [0.05, 0.1) is 12.7 Å². The van der Waals surface area contributed by atoms with Crippen molar-refractivity contribution in [3.05, 3.63) is 42.2 Å². The van der Waals surface area contributed by atoms with Crippen molar-refractivity contribution in [2.24, 2.45) is 0 Å². The number of fused-ring (bicyclic) bond motifs is 1. The van der Waals surface area contributed by atoms with Gasteiger partial charge in [-0.15, -0.1) is 0 Å². The molecule has 0 aliphatic carbocycles. The second kappa shape index (κ2) is 10.0. The zero-order chi connectivity index (χ0) is 26.7. The van der Waals surface area contributed by atoms with Gasteiger partial charge < -0.3 is 25.6 Å². The summed E-state index contributed by atoms with van der Waals surface area (Å²) in [6.45, 7) is 0.470. The number of carbonyl (C=O) groups excluding carboxylic acids is 1. The first-order chi connectivity index (χ1) is 16.9. The maximum atomic E-state index is 12.1. The fraction of sp³-hybridized carbons (Fsp3) is 0.261. The maximum Gasteiger partial charge on any atom is 0.490 e. The van der Waals surface area contributed by atoms with Crippen molar-refractivity contribution in [1.29, 1.82) is 0 Å². The van der Waals surface area contributed by atoms with Crippen LogP contribution in [0.3, 0.4) is 0 Å². The smallest absolute Gasteiger partial charge is 0.490 e. The van der Waals surface area contributed by atoms with Crippen LogP contribution in [0.2, 0.25) is 0 Å². The molecule has 1 aliphatic heterocycles. The first-order valence-corrected chi connectivity index (χ1v) is 10.2. The molecule has 2 aromatic heterocycles. The number of nitrogens with zero attached hydrogens (tertiary/aromatic N) is 4. The number of carbonyl (C=O) groups is 2. The van der Waals surface area contributed by atoms with E-state index in [1.54, 1.807) is 50.8 Å². The summed E-state index contributed by atoms with van der Waals surface area (Å²) in [5.74, 6) is 3.74. The molecule has 0 spiro atoms. The number of benzene rings is 1. The quantitative estimate of drug-likeness (QED) is 0.445. The first-order valence-electron chi connectivity index (χ1n) is 10.2. The van der Waals surface area contributed by atoms with Crippen molar-refractivity contribution in [2.75, 3.05) is 26.4 Å². The largest absolute Gasteiger partial charge is 0.496 e. The highest BCUT2D eigenvalue weighted by molar-refractivity contribution is 5.90. The molecule has 3 heterocycles. The summed E-state index contributed by atoms with van der Waals surface area (Å²) in [5.41, 5.74) is 6.04. The lowest BCUT2D eigenvalue weighted by Crippen LogP contribution is -2.37. The number of likely N-dealkylation sites (N-methyl/N-ethyl adjacent to an activating group) is 1. The Morgan fingerprint density at radius 2 is 1.97 bits per heavy atom. The summed E-state index contributed by atoms with van der Waals surface area (Å²) >= 11 is 0. The molecule has 13 heteroatoms. The summed E-state index contributed by atoms with van der Waals surface area (Å²) < 4.78 is 37.2. The normalized spacial score (nSPS) is 17.2. The van der Waals surface area contributed by atoms with E-state index in [4.69, 9.17) is 20.4 Å². The van der Waals surface area contributed by atoms with Gasteiger partial charge in [0.2, 0.25) is 5.60 Å². The number of pyridine rings is 1. The Bertz CT molecular complexity index is 1390. The Morgan fingerprint density at radius 1 is 1.28 bits per heavy atom. The summed E-state index contributed by atoms with van der Waals surface area (Å²) in [7, 11) is 3.20.